The zero-order chi connectivity index (χ0) is 25.2. The van der Waals surface area contributed by atoms with E-state index in [0.29, 0.717) is 0 Å². The van der Waals surface area contributed by atoms with Crippen LogP contribution in [0.1, 0.15) is 55.1 Å². The van der Waals surface area contributed by atoms with Gasteiger partial charge < -0.3 is 10.1 Å². The lowest BCUT2D eigenvalue weighted by Gasteiger charge is -2.22. The Morgan fingerprint density at radius 2 is 1.86 bits per heavy atom. The molecule has 35 heavy (non-hydrogen) atoms. The number of alkyl halides is 3. The highest BCUT2D eigenvalue weighted by Gasteiger charge is 2.30. The fraction of sp³-hybridized carbons (Fsp3) is 0.391. The van der Waals surface area contributed by atoms with E-state index in [1.165, 1.54) is 5.38 Å². The van der Waals surface area contributed by atoms with E-state index in [4.69, 9.17) is 4.74 Å². The number of urea groups is 1. The van der Waals surface area contributed by atoms with E-state index in [1.807, 2.05) is 0 Å². The van der Waals surface area contributed by atoms with Gasteiger partial charge in [-0.15, -0.1) is 11.3 Å². The Morgan fingerprint density at radius 1 is 1.17 bits per heavy atom. The molecule has 0 unspecified atom stereocenters. The quantitative estimate of drug-likeness (QED) is 0.467. The largest absolute Gasteiger partial charge is 0.461 e. The van der Waals surface area contributed by atoms with Crippen LogP contribution >= 0.6 is 11.3 Å². The van der Waals surface area contributed by atoms with Crippen LogP contribution in [0.2, 0.25) is 0 Å². The number of thiophene rings is 1. The zero-order valence-corrected chi connectivity index (χ0v) is 19.6. The number of rotatable bonds is 5. The number of anilines is 1. The minimum atomic E-state index is -4.55. The number of nitrogens with one attached hydrogen (secondary N) is 2. The maximum atomic E-state index is 13.4. The first kappa shape index (κ1) is 24.7. The van der Waals surface area contributed by atoms with Gasteiger partial charge in [0.25, 0.3) is 5.56 Å². The maximum Gasteiger partial charge on any atom is 0.416 e. The third kappa shape index (κ3) is 5.31. The molecule has 1 aliphatic carbocycles. The number of nitrogens with zero attached hydrogens (tertiary/aromatic N) is 2. The van der Waals surface area contributed by atoms with Crippen molar-refractivity contribution in [2.75, 3.05) is 11.9 Å². The third-order valence-corrected chi connectivity index (χ3v) is 6.62. The van der Waals surface area contributed by atoms with E-state index in [-0.39, 0.29) is 39.8 Å². The van der Waals surface area contributed by atoms with Crippen LogP contribution in [0.4, 0.5) is 23.0 Å². The van der Waals surface area contributed by atoms with Gasteiger partial charge in [0, 0.05) is 16.8 Å². The van der Waals surface area contributed by atoms with Gasteiger partial charge >= 0.3 is 18.2 Å². The van der Waals surface area contributed by atoms with E-state index >= 15 is 0 Å². The molecule has 0 aliphatic heterocycles. The van der Waals surface area contributed by atoms with Crippen molar-refractivity contribution >= 4 is 39.1 Å². The van der Waals surface area contributed by atoms with Gasteiger partial charge in [0.1, 0.15) is 5.00 Å². The van der Waals surface area contributed by atoms with Crippen molar-refractivity contribution in [3.05, 3.63) is 51.3 Å². The van der Waals surface area contributed by atoms with E-state index in [9.17, 15) is 27.6 Å². The molecule has 3 aromatic rings. The monoisotopic (exact) mass is 508 g/mol. The minimum absolute atomic E-state index is 0.0201. The summed E-state index contributed by atoms with van der Waals surface area (Å²) in [5, 5.41) is 11.6. The highest BCUT2D eigenvalue weighted by atomic mass is 32.1. The first-order valence-electron chi connectivity index (χ1n) is 11.2. The lowest BCUT2D eigenvalue weighted by molar-refractivity contribution is -0.137. The van der Waals surface area contributed by atoms with Gasteiger partial charge in [0.05, 0.1) is 23.2 Å². The first-order chi connectivity index (χ1) is 16.7. The van der Waals surface area contributed by atoms with Gasteiger partial charge in [-0.1, -0.05) is 19.3 Å². The lowest BCUT2D eigenvalue weighted by atomic mass is 9.96. The molecule has 0 spiro atoms. The molecular weight excluding hydrogens is 485 g/mol. The smallest absolute Gasteiger partial charge is 0.416 e. The zero-order valence-electron chi connectivity index (χ0n) is 18.8. The maximum absolute atomic E-state index is 13.4. The summed E-state index contributed by atoms with van der Waals surface area (Å²) in [7, 11) is 0. The number of aromatic nitrogens is 2. The van der Waals surface area contributed by atoms with Crippen molar-refractivity contribution < 1.29 is 27.5 Å². The van der Waals surface area contributed by atoms with Crippen LogP contribution in [0.25, 0.3) is 16.5 Å². The molecule has 0 bridgehead atoms. The van der Waals surface area contributed by atoms with Crippen LogP contribution in [0, 0.1) is 0 Å². The summed E-state index contributed by atoms with van der Waals surface area (Å²) in [6, 6.07) is 3.39. The third-order valence-electron chi connectivity index (χ3n) is 5.73. The predicted molar refractivity (Wildman–Crippen MR) is 125 cm³/mol. The summed E-state index contributed by atoms with van der Waals surface area (Å²) < 4.78 is 44.8. The Morgan fingerprint density at radius 3 is 2.49 bits per heavy atom. The SMILES string of the molecule is CCOC(=O)c1nn(-c2ccc(C(F)(F)F)cc2)c(=O)c2c(NC(=O)NC3CCCCC3)scc12. The lowest BCUT2D eigenvalue weighted by Crippen LogP contribution is -2.39. The molecular formula is C23H23F3N4O4S. The molecule has 1 saturated carbocycles. The van der Waals surface area contributed by atoms with Crippen LogP contribution in [0.3, 0.4) is 0 Å². The van der Waals surface area contributed by atoms with E-state index in [1.54, 1.807) is 6.92 Å². The van der Waals surface area contributed by atoms with Gasteiger partial charge in [-0.3, -0.25) is 10.1 Å². The molecule has 4 rings (SSSR count). The number of esters is 1. The topological polar surface area (TPSA) is 102 Å². The van der Waals surface area contributed by atoms with Crippen molar-refractivity contribution in [1.29, 1.82) is 0 Å². The van der Waals surface area contributed by atoms with Crippen LogP contribution in [-0.2, 0) is 10.9 Å². The fourth-order valence-corrected chi connectivity index (χ4v) is 4.96. The Hall–Kier alpha value is -3.41. The number of benzene rings is 1. The van der Waals surface area contributed by atoms with Gasteiger partial charge in [0.2, 0.25) is 0 Å². The van der Waals surface area contributed by atoms with E-state index in [0.717, 1.165) is 72.4 Å². The van der Waals surface area contributed by atoms with Gasteiger partial charge in [-0.25, -0.2) is 9.59 Å². The second-order valence-corrected chi connectivity index (χ2v) is 9.00. The van der Waals surface area contributed by atoms with Crippen molar-refractivity contribution in [3.63, 3.8) is 0 Å². The van der Waals surface area contributed by atoms with Crippen LogP contribution in [-0.4, -0.2) is 34.4 Å². The Labute approximate surface area is 202 Å². The molecule has 0 saturated heterocycles. The molecule has 186 valence electrons. The van der Waals surface area contributed by atoms with Crippen molar-refractivity contribution in [2.45, 2.75) is 51.2 Å². The average Bonchev–Trinajstić information content (AvgIpc) is 3.23. The normalized spacial score (nSPS) is 14.6. The summed E-state index contributed by atoms with van der Waals surface area (Å²) in [6.07, 6.45) is 0.376. The highest BCUT2D eigenvalue weighted by Crippen LogP contribution is 2.32. The molecule has 0 atom stereocenters. The Kier molecular flexibility index (Phi) is 7.10. The van der Waals surface area contributed by atoms with Crippen LogP contribution in [0.15, 0.2) is 34.4 Å². The average molecular weight is 509 g/mol. The molecule has 1 aromatic carbocycles. The second-order valence-electron chi connectivity index (χ2n) is 8.12. The molecule has 2 heterocycles. The summed E-state index contributed by atoms with van der Waals surface area (Å²) in [5.41, 5.74) is -1.74. The predicted octanol–water partition coefficient (Wildman–Crippen LogP) is 5.10. The van der Waals surface area contributed by atoms with E-state index < -0.39 is 29.3 Å². The van der Waals surface area contributed by atoms with Gasteiger partial charge in [0.15, 0.2) is 5.69 Å². The number of ether oxygens (including phenoxy) is 1. The molecule has 12 heteroatoms. The van der Waals surface area contributed by atoms with Crippen molar-refractivity contribution in [2.24, 2.45) is 0 Å². The number of carbonyl (C=O) groups is 2. The molecule has 2 aromatic heterocycles. The second kappa shape index (κ2) is 10.1. The highest BCUT2D eigenvalue weighted by molar-refractivity contribution is 7.16. The first-order valence-corrected chi connectivity index (χ1v) is 12.0. The summed E-state index contributed by atoms with van der Waals surface area (Å²) in [6.45, 7) is 1.66. The van der Waals surface area contributed by atoms with Gasteiger partial charge in [-0.2, -0.15) is 23.0 Å². The molecule has 8 nitrogen and oxygen atoms in total. The van der Waals surface area contributed by atoms with E-state index in [2.05, 4.69) is 15.7 Å². The number of carbonyl (C=O) groups excluding carboxylic acids is 2. The number of halogens is 3. The molecule has 1 aliphatic rings. The summed E-state index contributed by atoms with van der Waals surface area (Å²) in [4.78, 5) is 38.6. The number of fused-ring (bicyclic) bond motifs is 1. The van der Waals surface area contributed by atoms with Crippen LogP contribution in [0.5, 0.6) is 0 Å². The number of amides is 2. The molecule has 2 N–H and O–H groups in total. The van der Waals surface area contributed by atoms with Crippen molar-refractivity contribution in [3.8, 4) is 5.69 Å². The number of hydrogen-bond donors (Lipinski definition) is 2. The minimum Gasteiger partial charge on any atom is -0.461 e. The molecule has 1 fully saturated rings. The Balaban J connectivity index is 1.76. The fourth-order valence-electron chi connectivity index (χ4n) is 4.03. The summed E-state index contributed by atoms with van der Waals surface area (Å²) >= 11 is 1.04. The summed E-state index contributed by atoms with van der Waals surface area (Å²) in [5.74, 6) is -0.797. The molecule has 2 amide bonds. The number of hydrogen-bond acceptors (Lipinski definition) is 6. The van der Waals surface area contributed by atoms with Gasteiger partial charge in [-0.05, 0) is 44.0 Å². The van der Waals surface area contributed by atoms with Crippen molar-refractivity contribution in [1.82, 2.24) is 15.1 Å². The Bertz CT molecular complexity index is 1300. The molecule has 0 radical (unpaired) electrons. The standard InChI is InChI=1S/C23H23F3N4O4S/c1-2-34-21(32)18-16-12-35-19(28-22(33)27-14-6-4-3-5-7-14)17(16)20(31)30(29-18)15-10-8-13(9-11-15)23(24,25)26/h8-12,14H,2-7H2,1H3,(H2,27,28,33). The van der Waals surface area contributed by atoms with Crippen LogP contribution < -0.4 is 16.2 Å².